The molecule has 3 rings (SSSR count). The maximum atomic E-state index is 14.4. The Morgan fingerprint density at radius 3 is 2.82 bits per heavy atom. The second-order valence-electron chi connectivity index (χ2n) is 4.42. The highest BCUT2D eigenvalue weighted by molar-refractivity contribution is 5.94. The molecule has 0 aromatic carbocycles. The quantitative estimate of drug-likeness (QED) is 0.432. The lowest BCUT2D eigenvalue weighted by molar-refractivity contribution is 0.421. The molecule has 0 aliphatic heterocycles. The highest BCUT2D eigenvalue weighted by atomic mass is 19.1. The zero-order valence-electron chi connectivity index (χ0n) is 11.1. The van der Waals surface area contributed by atoms with Crippen molar-refractivity contribution in [3.05, 3.63) is 53.7 Å². The Labute approximate surface area is 122 Å². The lowest BCUT2D eigenvalue weighted by Crippen LogP contribution is -2.14. The van der Waals surface area contributed by atoms with Gasteiger partial charge in [-0.25, -0.2) is 9.37 Å². The van der Waals surface area contributed by atoms with Crippen molar-refractivity contribution in [2.45, 2.75) is 6.54 Å². The molecule has 0 atom stereocenters. The average molecular weight is 304 g/mol. The van der Waals surface area contributed by atoms with Gasteiger partial charge >= 0.3 is 0 Å². The minimum Gasteiger partial charge on any atom is -0.382 e. The summed E-state index contributed by atoms with van der Waals surface area (Å²) < 4.78 is 33.9. The van der Waals surface area contributed by atoms with Gasteiger partial charge < -0.3 is 10.3 Å². The van der Waals surface area contributed by atoms with Crippen molar-refractivity contribution in [1.82, 2.24) is 19.9 Å². The van der Waals surface area contributed by atoms with Crippen molar-refractivity contribution in [2.75, 3.05) is 0 Å². The fourth-order valence-electron chi connectivity index (χ4n) is 2.00. The number of amidine groups is 1. The first-order valence-corrected chi connectivity index (χ1v) is 6.18. The van der Waals surface area contributed by atoms with E-state index in [-0.39, 0.29) is 29.2 Å². The summed E-state index contributed by atoms with van der Waals surface area (Å²) in [5.74, 6) is -2.03. The maximum Gasteiger partial charge on any atom is 0.217 e. The van der Waals surface area contributed by atoms with Gasteiger partial charge in [0.2, 0.25) is 5.95 Å². The summed E-state index contributed by atoms with van der Waals surface area (Å²) >= 11 is 0. The molecule has 3 aromatic heterocycles. The molecule has 3 N–H and O–H groups in total. The number of nitrogens with two attached hydrogens (primary N) is 1. The van der Waals surface area contributed by atoms with E-state index in [9.17, 15) is 8.78 Å². The summed E-state index contributed by atoms with van der Waals surface area (Å²) in [5.41, 5.74) is 5.32. The Morgan fingerprint density at radius 2 is 2.18 bits per heavy atom. The van der Waals surface area contributed by atoms with Crippen LogP contribution in [0, 0.1) is 17.2 Å². The summed E-state index contributed by atoms with van der Waals surface area (Å²) in [6.07, 6.45) is 2.58. The van der Waals surface area contributed by atoms with Crippen molar-refractivity contribution >= 4 is 5.84 Å². The van der Waals surface area contributed by atoms with Crippen LogP contribution in [0.1, 0.15) is 11.3 Å². The summed E-state index contributed by atoms with van der Waals surface area (Å²) in [6.45, 7) is -0.0912. The number of nitrogen functional groups attached to an aromatic ring is 1. The molecule has 22 heavy (non-hydrogen) atoms. The molecule has 0 radical (unpaired) electrons. The molecule has 0 aliphatic rings. The molecule has 0 unspecified atom stereocenters. The molecular weight excluding hydrogens is 294 g/mol. The molecule has 9 heteroatoms. The summed E-state index contributed by atoms with van der Waals surface area (Å²) in [6, 6.07) is 4.49. The van der Waals surface area contributed by atoms with Gasteiger partial charge in [-0.1, -0.05) is 11.2 Å². The van der Waals surface area contributed by atoms with Crippen LogP contribution in [-0.4, -0.2) is 25.8 Å². The SMILES string of the molecule is N=C(N)c1nn(Cc2cccnc2F)c(-c2ccon2)c1F. The second-order valence-corrected chi connectivity index (χ2v) is 4.42. The molecule has 112 valence electrons. The Kier molecular flexibility index (Phi) is 3.37. The van der Waals surface area contributed by atoms with Crippen LogP contribution in [0.15, 0.2) is 35.2 Å². The van der Waals surface area contributed by atoms with E-state index < -0.39 is 17.6 Å². The van der Waals surface area contributed by atoms with Gasteiger partial charge in [-0.15, -0.1) is 0 Å². The van der Waals surface area contributed by atoms with E-state index in [4.69, 9.17) is 15.7 Å². The van der Waals surface area contributed by atoms with E-state index in [1.165, 1.54) is 29.3 Å². The molecule has 3 aromatic rings. The van der Waals surface area contributed by atoms with E-state index in [1.807, 2.05) is 0 Å². The molecule has 7 nitrogen and oxygen atoms in total. The van der Waals surface area contributed by atoms with E-state index in [0.717, 1.165) is 0 Å². The molecule has 0 saturated carbocycles. The Hall–Kier alpha value is -3.10. The molecule has 3 heterocycles. The predicted octanol–water partition coefficient (Wildman–Crippen LogP) is 1.54. The lowest BCUT2D eigenvalue weighted by atomic mass is 10.2. The van der Waals surface area contributed by atoms with Gasteiger partial charge in [0.05, 0.1) is 6.54 Å². The minimum absolute atomic E-state index is 0.0396. The van der Waals surface area contributed by atoms with Crippen LogP contribution in [-0.2, 0) is 6.54 Å². The summed E-state index contributed by atoms with van der Waals surface area (Å²) in [5, 5.41) is 14.9. The Bertz CT molecular complexity index is 827. The van der Waals surface area contributed by atoms with Crippen LogP contribution in [0.5, 0.6) is 0 Å². The first kappa shape index (κ1) is 13.9. The zero-order chi connectivity index (χ0) is 15.7. The largest absolute Gasteiger partial charge is 0.382 e. The van der Waals surface area contributed by atoms with Crippen molar-refractivity contribution in [3.8, 4) is 11.4 Å². The van der Waals surface area contributed by atoms with Crippen LogP contribution < -0.4 is 5.73 Å². The summed E-state index contributed by atoms with van der Waals surface area (Å²) in [4.78, 5) is 3.53. The van der Waals surface area contributed by atoms with Gasteiger partial charge in [-0.05, 0) is 6.07 Å². The van der Waals surface area contributed by atoms with Crippen LogP contribution >= 0.6 is 0 Å². The van der Waals surface area contributed by atoms with Gasteiger partial charge in [0, 0.05) is 17.8 Å². The molecular formula is C13H10F2N6O. The first-order valence-electron chi connectivity index (χ1n) is 6.18. The number of aromatic nitrogens is 4. The number of halogens is 2. The van der Waals surface area contributed by atoms with Gasteiger partial charge in [0.1, 0.15) is 23.5 Å². The van der Waals surface area contributed by atoms with Crippen molar-refractivity contribution in [3.63, 3.8) is 0 Å². The zero-order valence-corrected chi connectivity index (χ0v) is 11.1. The molecule has 0 spiro atoms. The topological polar surface area (TPSA) is 107 Å². The number of pyridine rings is 1. The third kappa shape index (κ3) is 2.32. The maximum absolute atomic E-state index is 14.4. The molecule has 0 saturated heterocycles. The fourth-order valence-corrected chi connectivity index (χ4v) is 2.00. The first-order chi connectivity index (χ1) is 10.6. The van der Waals surface area contributed by atoms with Crippen molar-refractivity contribution in [2.24, 2.45) is 5.73 Å². The Balaban J connectivity index is 2.12. The molecule has 0 fully saturated rings. The smallest absolute Gasteiger partial charge is 0.217 e. The standard InChI is InChI=1S/C13H10F2N6O/c14-9-10(13(16)17)19-21(11(9)8-3-5-22-20-8)6-7-2-1-4-18-12(7)15/h1-5H,6H2,(H3,16,17). The van der Waals surface area contributed by atoms with Crippen molar-refractivity contribution < 1.29 is 13.3 Å². The van der Waals surface area contributed by atoms with Gasteiger partial charge in [0.15, 0.2) is 11.5 Å². The third-order valence-electron chi connectivity index (χ3n) is 2.99. The van der Waals surface area contributed by atoms with E-state index in [2.05, 4.69) is 15.2 Å². The Morgan fingerprint density at radius 1 is 1.36 bits per heavy atom. The lowest BCUT2D eigenvalue weighted by Gasteiger charge is -2.05. The number of nitrogens with zero attached hydrogens (tertiary/aromatic N) is 4. The number of rotatable bonds is 4. The van der Waals surface area contributed by atoms with Gasteiger partial charge in [-0.2, -0.15) is 9.49 Å². The minimum atomic E-state index is -0.814. The van der Waals surface area contributed by atoms with Gasteiger partial charge in [0.25, 0.3) is 0 Å². The van der Waals surface area contributed by atoms with Crippen molar-refractivity contribution in [1.29, 1.82) is 5.41 Å². The van der Waals surface area contributed by atoms with E-state index in [1.54, 1.807) is 6.07 Å². The van der Waals surface area contributed by atoms with Crippen LogP contribution in [0.2, 0.25) is 0 Å². The van der Waals surface area contributed by atoms with Crippen LogP contribution in [0.25, 0.3) is 11.4 Å². The van der Waals surface area contributed by atoms with Crippen LogP contribution in [0.4, 0.5) is 8.78 Å². The third-order valence-corrected chi connectivity index (χ3v) is 2.99. The fraction of sp³-hybridized carbons (Fsp3) is 0.0769. The summed E-state index contributed by atoms with van der Waals surface area (Å²) in [7, 11) is 0. The highest BCUT2D eigenvalue weighted by Gasteiger charge is 2.23. The molecule has 0 bridgehead atoms. The highest BCUT2D eigenvalue weighted by Crippen LogP contribution is 2.24. The monoisotopic (exact) mass is 304 g/mol. The number of nitrogens with one attached hydrogen (secondary N) is 1. The molecule has 0 aliphatic carbocycles. The van der Waals surface area contributed by atoms with E-state index >= 15 is 0 Å². The normalized spacial score (nSPS) is 10.8. The number of hydrogen-bond donors (Lipinski definition) is 2. The van der Waals surface area contributed by atoms with Crippen LogP contribution in [0.3, 0.4) is 0 Å². The van der Waals surface area contributed by atoms with Gasteiger partial charge in [-0.3, -0.25) is 10.1 Å². The predicted molar refractivity (Wildman–Crippen MR) is 72.0 cm³/mol. The average Bonchev–Trinajstić information content (AvgIpc) is 3.09. The second kappa shape index (κ2) is 5.35. The number of hydrogen-bond acceptors (Lipinski definition) is 5. The van der Waals surface area contributed by atoms with E-state index in [0.29, 0.717) is 0 Å². The molecule has 0 amide bonds.